The van der Waals surface area contributed by atoms with Crippen molar-refractivity contribution in [1.82, 2.24) is 39.9 Å². The first-order chi connectivity index (χ1) is 31.8. The van der Waals surface area contributed by atoms with Crippen LogP contribution in [0, 0.1) is 13.8 Å². The number of carboxylic acid groups (broad SMARTS) is 2. The molecule has 68 heavy (non-hydrogen) atoms. The number of nitrogens with one attached hydrogen (secondary N) is 2. The second kappa shape index (κ2) is 20.3. The minimum atomic E-state index is -0.898. The van der Waals surface area contributed by atoms with E-state index in [4.69, 9.17) is 19.9 Å². The molecule has 4 aliphatic rings. The topological polar surface area (TPSA) is 186 Å². The van der Waals surface area contributed by atoms with Gasteiger partial charge in [0.05, 0.1) is 45.6 Å². The molecule has 4 aliphatic heterocycles. The normalized spacial score (nSPS) is 12.5. The van der Waals surface area contributed by atoms with Gasteiger partial charge >= 0.3 is 29.0 Å². The number of H-pyrrole nitrogens is 2. The summed E-state index contributed by atoms with van der Waals surface area (Å²) in [6, 6.07) is 24.0. The Hall–Kier alpha value is -7.34. The number of nitrogens with zero attached hydrogens (tertiary/aromatic N) is 6. The molecule has 14 heteroatoms. The van der Waals surface area contributed by atoms with Crippen LogP contribution in [0.3, 0.4) is 0 Å². The van der Waals surface area contributed by atoms with Crippen LogP contribution in [0.25, 0.3) is 96.8 Å². The molecule has 342 valence electrons. The van der Waals surface area contributed by atoms with E-state index in [0.717, 1.165) is 106 Å². The Morgan fingerprint density at radius 3 is 1.60 bits per heavy atom. The summed E-state index contributed by atoms with van der Waals surface area (Å²) in [6.07, 6.45) is 12.1. The minimum absolute atomic E-state index is 0. The summed E-state index contributed by atoms with van der Waals surface area (Å²) in [5.74, 6) is -1.80. The van der Waals surface area contributed by atoms with Crippen molar-refractivity contribution >= 4 is 109 Å². The third-order valence-electron chi connectivity index (χ3n) is 12.1. The molecule has 0 radical (unpaired) electrons. The molecule has 0 aliphatic carbocycles. The maximum Gasteiger partial charge on any atom is 2.00 e. The Bertz CT molecular complexity index is 3450. The maximum atomic E-state index is 11.5. The molecule has 0 saturated heterocycles. The molecule has 0 atom stereocenters. The number of carbonyl (C=O) groups is 2. The molecular formula is C54H46Fe2N8O4. The van der Waals surface area contributed by atoms with E-state index in [0.29, 0.717) is 40.8 Å². The third kappa shape index (κ3) is 10.1. The summed E-state index contributed by atoms with van der Waals surface area (Å²) in [6.45, 7) is 15.9. The summed E-state index contributed by atoms with van der Waals surface area (Å²) in [5.41, 5.74) is 20.5. The van der Waals surface area contributed by atoms with Gasteiger partial charge in [-0.15, -0.1) is 22.1 Å². The smallest absolute Gasteiger partial charge is 0.657 e. The quantitative estimate of drug-likeness (QED) is 0.107. The molecule has 6 aromatic heterocycles. The van der Waals surface area contributed by atoms with E-state index in [2.05, 4.69) is 63.4 Å². The second-order valence-corrected chi connectivity index (χ2v) is 16.5. The van der Waals surface area contributed by atoms with Crippen molar-refractivity contribution in [3.63, 3.8) is 0 Å². The Morgan fingerprint density at radius 2 is 1.03 bits per heavy atom. The molecule has 0 fully saturated rings. The van der Waals surface area contributed by atoms with Gasteiger partial charge in [-0.3, -0.25) is 9.59 Å². The van der Waals surface area contributed by atoms with Gasteiger partial charge in [-0.05, 0) is 136 Å². The van der Waals surface area contributed by atoms with E-state index in [-0.39, 0.29) is 47.0 Å². The van der Waals surface area contributed by atoms with Gasteiger partial charge < -0.3 is 30.1 Å². The summed E-state index contributed by atoms with van der Waals surface area (Å²) in [7, 11) is 0. The fourth-order valence-corrected chi connectivity index (χ4v) is 8.56. The second-order valence-electron chi connectivity index (χ2n) is 16.5. The Morgan fingerprint density at radius 1 is 0.559 bits per heavy atom. The van der Waals surface area contributed by atoms with Gasteiger partial charge in [-0.25, -0.2) is 19.9 Å². The molecule has 10 rings (SSSR count). The largest absolute Gasteiger partial charge is 2.00 e. The van der Waals surface area contributed by atoms with Crippen molar-refractivity contribution in [2.45, 2.75) is 53.4 Å². The van der Waals surface area contributed by atoms with Crippen molar-refractivity contribution in [2.24, 2.45) is 0 Å². The minimum Gasteiger partial charge on any atom is -0.657 e. The fourth-order valence-electron chi connectivity index (χ4n) is 8.56. The van der Waals surface area contributed by atoms with Crippen LogP contribution >= 0.6 is 0 Å². The molecule has 0 saturated carbocycles. The molecule has 4 N–H and O–H groups in total. The zero-order valence-electron chi connectivity index (χ0n) is 37.7. The SMILES string of the molecule is C1=Cc2cc3ccc(cc4ccc(cc5nc(cc1n2)C=C5)[nH]4)[nH]3.C=CC1=C(C)c2cc3[n-]c(cc4nc(cc5[n-]c(cc1n2)c(C)c5C=C)C(C)=C4CCC(=O)O)c(CCC(=O)O)c3C.[Fe+2].[Fe]. The average molecular weight is 983 g/mol. The number of aryl methyl sites for hydroxylation is 3. The molecule has 0 unspecified atom stereocenters. The maximum absolute atomic E-state index is 11.5. The summed E-state index contributed by atoms with van der Waals surface area (Å²) in [4.78, 5) is 58.8. The molecular weight excluding hydrogens is 936 g/mol. The molecule has 0 amide bonds. The number of aromatic amines is 2. The van der Waals surface area contributed by atoms with Gasteiger partial charge in [0.1, 0.15) is 0 Å². The summed E-state index contributed by atoms with van der Waals surface area (Å²) < 4.78 is 0. The molecule has 6 aromatic rings. The van der Waals surface area contributed by atoms with Gasteiger partial charge in [-0.1, -0.05) is 66.3 Å². The first-order valence-electron chi connectivity index (χ1n) is 21.6. The van der Waals surface area contributed by atoms with Crippen LogP contribution in [-0.4, -0.2) is 52.1 Å². The number of aromatic nitrogens is 8. The van der Waals surface area contributed by atoms with Crippen LogP contribution in [0.4, 0.5) is 0 Å². The Labute approximate surface area is 413 Å². The first-order valence-corrected chi connectivity index (χ1v) is 21.6. The standard InChI is InChI=1S/C34H34N4O4.C20H14N4.2Fe/c1-7-21-17(3)25-13-26-19(5)23(9-11-33(39)40)31(37-26)16-32-24(10-12-34(41)42)20(6)28(38-32)15-30-22(8-2)18(4)27(36-30)14-29(21)35-25;1-2-14-10-16-5-6-18(23-16)12-20-8-7-19(24-20)11-17-4-3-15(22-17)9-13(1)21-14;;/h7-8,13-16H,1-2,9-12H2,3-6H3,(H4,35,36,37,38,39,40,41,42);1-12,21-22H;;/q;;;+2/p-2. The number of aliphatic carboxylic acids is 2. The summed E-state index contributed by atoms with van der Waals surface area (Å²) >= 11 is 0. The van der Waals surface area contributed by atoms with Crippen molar-refractivity contribution in [1.29, 1.82) is 0 Å². The Kier molecular flexibility index (Phi) is 14.5. The van der Waals surface area contributed by atoms with Crippen LogP contribution in [0.2, 0.25) is 0 Å². The first kappa shape index (κ1) is 48.6. The van der Waals surface area contributed by atoms with Crippen molar-refractivity contribution < 1.29 is 53.9 Å². The van der Waals surface area contributed by atoms with Gasteiger partial charge in [0.2, 0.25) is 0 Å². The van der Waals surface area contributed by atoms with Gasteiger partial charge in [0, 0.05) is 57.6 Å². The van der Waals surface area contributed by atoms with Crippen molar-refractivity contribution in [3.05, 3.63) is 160 Å². The van der Waals surface area contributed by atoms with Crippen LogP contribution in [0.15, 0.2) is 92.0 Å². The van der Waals surface area contributed by atoms with Gasteiger partial charge in [0.25, 0.3) is 0 Å². The van der Waals surface area contributed by atoms with Crippen LogP contribution in [-0.2, 0) is 50.1 Å². The van der Waals surface area contributed by atoms with Crippen LogP contribution in [0.5, 0.6) is 0 Å². The fraction of sp³-hybridized carbons (Fsp3) is 0.148. The van der Waals surface area contributed by atoms with Gasteiger partial charge in [-0.2, -0.15) is 0 Å². The predicted molar refractivity (Wildman–Crippen MR) is 265 cm³/mol. The van der Waals surface area contributed by atoms with E-state index < -0.39 is 11.9 Å². The van der Waals surface area contributed by atoms with E-state index in [1.54, 1.807) is 12.2 Å². The van der Waals surface area contributed by atoms with E-state index in [1.807, 2.05) is 94.5 Å². The van der Waals surface area contributed by atoms with Crippen LogP contribution < -0.4 is 9.97 Å². The molecule has 10 heterocycles. The average Bonchev–Trinajstić information content (AvgIpc) is 4.17. The zero-order valence-corrected chi connectivity index (χ0v) is 39.9. The van der Waals surface area contributed by atoms with E-state index in [1.165, 1.54) is 0 Å². The van der Waals surface area contributed by atoms with Gasteiger partial charge in [0.15, 0.2) is 0 Å². The Balaban J connectivity index is 0.000000223. The zero-order chi connectivity index (χ0) is 46.2. The number of carboxylic acids is 2. The summed E-state index contributed by atoms with van der Waals surface area (Å²) in [5, 5.41) is 18.9. The molecule has 12 nitrogen and oxygen atoms in total. The number of allylic oxidation sites excluding steroid dienone is 5. The van der Waals surface area contributed by atoms with Crippen LogP contribution in [0.1, 0.15) is 101 Å². The number of rotatable bonds is 8. The van der Waals surface area contributed by atoms with Crippen molar-refractivity contribution in [3.8, 4) is 0 Å². The number of hydrogen-bond donors (Lipinski definition) is 4. The molecule has 16 bridgehead atoms. The monoisotopic (exact) mass is 982 g/mol. The molecule has 0 aromatic carbocycles. The predicted octanol–water partition coefficient (Wildman–Crippen LogP) is 11.4. The van der Waals surface area contributed by atoms with E-state index >= 15 is 0 Å². The number of hydrogen-bond acceptors (Lipinski definition) is 6. The third-order valence-corrected chi connectivity index (χ3v) is 12.1. The van der Waals surface area contributed by atoms with Crippen molar-refractivity contribution in [2.75, 3.05) is 0 Å². The molecule has 0 spiro atoms. The number of fused-ring (bicyclic) bond motifs is 16. The van der Waals surface area contributed by atoms with E-state index in [9.17, 15) is 19.8 Å².